The molecule has 0 saturated heterocycles. The second-order valence-electron chi connectivity index (χ2n) is 3.99. The maximum absolute atomic E-state index is 13.7. The summed E-state index contributed by atoms with van der Waals surface area (Å²) < 4.78 is 26.7. The average molecular weight is 269 g/mol. The van der Waals surface area contributed by atoms with Crippen LogP contribution in [-0.4, -0.2) is 5.11 Å². The molecule has 94 valence electrons. The van der Waals surface area contributed by atoms with Gasteiger partial charge in [0.05, 0.1) is 11.1 Å². The van der Waals surface area contributed by atoms with Crippen LogP contribution in [0, 0.1) is 11.6 Å². The van der Waals surface area contributed by atoms with Gasteiger partial charge < -0.3 is 5.11 Å². The third-order valence-corrected chi connectivity index (χ3v) is 2.95. The standard InChI is InChI=1S/C14H11ClF2O/c15-12-6-2-5-11(14(12)17)13(18)8-9-3-1-4-10(16)7-9/h1-7,13,18H,8H2. The van der Waals surface area contributed by atoms with Crippen LogP contribution in [0.2, 0.25) is 5.02 Å². The predicted octanol–water partition coefficient (Wildman–Crippen LogP) is 3.89. The molecule has 0 radical (unpaired) electrons. The zero-order valence-corrected chi connectivity index (χ0v) is 10.2. The highest BCUT2D eigenvalue weighted by molar-refractivity contribution is 6.30. The first-order valence-corrected chi connectivity index (χ1v) is 5.82. The molecule has 1 nitrogen and oxygen atoms in total. The lowest BCUT2D eigenvalue weighted by atomic mass is 10.0. The normalized spacial score (nSPS) is 12.4. The topological polar surface area (TPSA) is 20.2 Å². The zero-order valence-electron chi connectivity index (χ0n) is 9.41. The quantitative estimate of drug-likeness (QED) is 0.895. The molecule has 0 saturated carbocycles. The minimum atomic E-state index is -1.05. The van der Waals surface area contributed by atoms with Crippen molar-refractivity contribution < 1.29 is 13.9 Å². The molecule has 18 heavy (non-hydrogen) atoms. The molecule has 2 aromatic carbocycles. The van der Waals surface area contributed by atoms with E-state index in [1.807, 2.05) is 0 Å². The van der Waals surface area contributed by atoms with Crippen molar-refractivity contribution in [3.63, 3.8) is 0 Å². The van der Waals surface area contributed by atoms with Crippen molar-refractivity contribution in [2.45, 2.75) is 12.5 Å². The van der Waals surface area contributed by atoms with Crippen molar-refractivity contribution in [1.29, 1.82) is 0 Å². The van der Waals surface area contributed by atoms with Crippen molar-refractivity contribution in [1.82, 2.24) is 0 Å². The number of aliphatic hydroxyl groups excluding tert-OH is 1. The molecular weight excluding hydrogens is 258 g/mol. The first kappa shape index (κ1) is 13.0. The molecule has 0 aromatic heterocycles. The van der Waals surface area contributed by atoms with Crippen molar-refractivity contribution in [3.05, 3.63) is 70.2 Å². The molecule has 2 rings (SSSR count). The van der Waals surface area contributed by atoms with Crippen LogP contribution in [0.25, 0.3) is 0 Å². The molecule has 2 aromatic rings. The first-order chi connectivity index (χ1) is 8.58. The highest BCUT2D eigenvalue weighted by Crippen LogP contribution is 2.25. The SMILES string of the molecule is OC(Cc1cccc(F)c1)c1cccc(Cl)c1F. The lowest BCUT2D eigenvalue weighted by molar-refractivity contribution is 0.173. The smallest absolute Gasteiger partial charge is 0.147 e. The second-order valence-corrected chi connectivity index (χ2v) is 4.40. The maximum Gasteiger partial charge on any atom is 0.147 e. The lowest BCUT2D eigenvalue weighted by Gasteiger charge is -2.12. The molecule has 0 aliphatic rings. The number of hydrogen-bond acceptors (Lipinski definition) is 1. The monoisotopic (exact) mass is 268 g/mol. The van der Waals surface area contributed by atoms with E-state index in [2.05, 4.69) is 0 Å². The van der Waals surface area contributed by atoms with Crippen molar-refractivity contribution in [3.8, 4) is 0 Å². The summed E-state index contributed by atoms with van der Waals surface area (Å²) in [5, 5.41) is 9.91. The fourth-order valence-corrected chi connectivity index (χ4v) is 1.96. The van der Waals surface area contributed by atoms with Gasteiger partial charge in [0, 0.05) is 12.0 Å². The van der Waals surface area contributed by atoms with E-state index in [0.29, 0.717) is 5.56 Å². The van der Waals surface area contributed by atoms with Gasteiger partial charge in [-0.1, -0.05) is 35.9 Å². The van der Waals surface area contributed by atoms with Crippen molar-refractivity contribution in [2.75, 3.05) is 0 Å². The Hall–Kier alpha value is -1.45. The van der Waals surface area contributed by atoms with Crippen LogP contribution in [0.4, 0.5) is 8.78 Å². The van der Waals surface area contributed by atoms with Crippen LogP contribution < -0.4 is 0 Å². The van der Waals surface area contributed by atoms with Gasteiger partial charge >= 0.3 is 0 Å². The van der Waals surface area contributed by atoms with Crippen LogP contribution >= 0.6 is 11.6 Å². The Morgan fingerprint density at radius 3 is 2.56 bits per heavy atom. The van der Waals surface area contributed by atoms with Gasteiger partial charge in [0.1, 0.15) is 11.6 Å². The van der Waals surface area contributed by atoms with Crippen LogP contribution in [0.1, 0.15) is 17.2 Å². The average Bonchev–Trinajstić information content (AvgIpc) is 2.32. The Morgan fingerprint density at radius 2 is 1.83 bits per heavy atom. The molecule has 0 fully saturated rings. The molecule has 0 bridgehead atoms. The summed E-state index contributed by atoms with van der Waals surface area (Å²) in [6.07, 6.45) is -0.917. The number of hydrogen-bond donors (Lipinski definition) is 1. The fourth-order valence-electron chi connectivity index (χ4n) is 1.77. The molecule has 1 N–H and O–H groups in total. The highest BCUT2D eigenvalue weighted by atomic mass is 35.5. The summed E-state index contributed by atoms with van der Waals surface area (Å²) in [7, 11) is 0. The van der Waals surface area contributed by atoms with Crippen LogP contribution in [0.15, 0.2) is 42.5 Å². The molecule has 0 aliphatic heterocycles. The van der Waals surface area contributed by atoms with E-state index < -0.39 is 11.9 Å². The summed E-state index contributed by atoms with van der Waals surface area (Å²) >= 11 is 5.64. The molecule has 1 unspecified atom stereocenters. The minimum Gasteiger partial charge on any atom is -0.388 e. The van der Waals surface area contributed by atoms with Crippen LogP contribution in [-0.2, 0) is 6.42 Å². The van der Waals surface area contributed by atoms with Crippen molar-refractivity contribution in [2.24, 2.45) is 0 Å². The minimum absolute atomic E-state index is 0.0363. The second kappa shape index (κ2) is 5.46. The molecule has 1 atom stereocenters. The Bertz CT molecular complexity index is 557. The van der Waals surface area contributed by atoms with E-state index in [1.54, 1.807) is 18.2 Å². The van der Waals surface area contributed by atoms with Crippen LogP contribution in [0.5, 0.6) is 0 Å². The number of rotatable bonds is 3. The predicted molar refractivity (Wildman–Crippen MR) is 66.5 cm³/mol. The lowest BCUT2D eigenvalue weighted by Crippen LogP contribution is -2.05. The Labute approximate surface area is 109 Å². The van der Waals surface area contributed by atoms with E-state index in [1.165, 1.54) is 24.3 Å². The van der Waals surface area contributed by atoms with Gasteiger partial charge in [-0.25, -0.2) is 8.78 Å². The molecule has 0 aliphatic carbocycles. The molecule has 0 heterocycles. The van der Waals surface area contributed by atoms with E-state index in [4.69, 9.17) is 11.6 Å². The summed E-state index contributed by atoms with van der Waals surface area (Å²) in [6, 6.07) is 10.3. The summed E-state index contributed by atoms with van der Waals surface area (Å²) in [5.41, 5.74) is 0.716. The third-order valence-electron chi connectivity index (χ3n) is 2.66. The van der Waals surface area contributed by atoms with E-state index in [-0.39, 0.29) is 22.8 Å². The summed E-state index contributed by atoms with van der Waals surface area (Å²) in [6.45, 7) is 0. The largest absolute Gasteiger partial charge is 0.388 e. The van der Waals surface area contributed by atoms with Gasteiger partial charge in [0.25, 0.3) is 0 Å². The van der Waals surface area contributed by atoms with E-state index >= 15 is 0 Å². The molecule has 0 amide bonds. The third kappa shape index (κ3) is 2.86. The van der Waals surface area contributed by atoms with Crippen molar-refractivity contribution >= 4 is 11.6 Å². The summed E-state index contributed by atoms with van der Waals surface area (Å²) in [5.74, 6) is -1.02. The van der Waals surface area contributed by atoms with Gasteiger partial charge in [0.2, 0.25) is 0 Å². The molecular formula is C14H11ClF2O. The number of benzene rings is 2. The summed E-state index contributed by atoms with van der Waals surface area (Å²) in [4.78, 5) is 0. The Morgan fingerprint density at radius 1 is 1.11 bits per heavy atom. The Balaban J connectivity index is 2.22. The van der Waals surface area contributed by atoms with Crippen LogP contribution in [0.3, 0.4) is 0 Å². The zero-order chi connectivity index (χ0) is 13.1. The fraction of sp³-hybridized carbons (Fsp3) is 0.143. The van der Waals surface area contributed by atoms with Gasteiger partial charge in [-0.05, 0) is 23.8 Å². The molecule has 4 heteroatoms. The number of aliphatic hydroxyl groups is 1. The Kier molecular flexibility index (Phi) is 3.94. The van der Waals surface area contributed by atoms with E-state index in [9.17, 15) is 13.9 Å². The first-order valence-electron chi connectivity index (χ1n) is 5.44. The highest BCUT2D eigenvalue weighted by Gasteiger charge is 2.15. The van der Waals surface area contributed by atoms with Gasteiger partial charge in [-0.3, -0.25) is 0 Å². The van der Waals surface area contributed by atoms with E-state index in [0.717, 1.165) is 0 Å². The van der Waals surface area contributed by atoms with Gasteiger partial charge in [0.15, 0.2) is 0 Å². The maximum atomic E-state index is 13.7. The van der Waals surface area contributed by atoms with Gasteiger partial charge in [-0.15, -0.1) is 0 Å². The number of halogens is 3. The molecule has 0 spiro atoms. The van der Waals surface area contributed by atoms with Gasteiger partial charge in [-0.2, -0.15) is 0 Å².